The Balaban J connectivity index is 1.97. The van der Waals surface area contributed by atoms with Gasteiger partial charge in [0.1, 0.15) is 0 Å². The van der Waals surface area contributed by atoms with Crippen molar-refractivity contribution in [1.29, 1.82) is 0 Å². The molecule has 0 saturated carbocycles. The maximum absolute atomic E-state index is 13.8. The number of nitrogens with zero attached hydrogens (tertiary/aromatic N) is 2. The average Bonchev–Trinajstić information content (AvgIpc) is 3.45. The summed E-state index contributed by atoms with van der Waals surface area (Å²) in [6.07, 6.45) is 4.06. The maximum Gasteiger partial charge on any atom is 0.261 e. The van der Waals surface area contributed by atoms with Crippen LogP contribution in [0.15, 0.2) is 41.5 Å². The van der Waals surface area contributed by atoms with Gasteiger partial charge >= 0.3 is 0 Å². The van der Waals surface area contributed by atoms with Gasteiger partial charge in [0.25, 0.3) is 11.8 Å². The molecule has 2 aromatic rings. The van der Waals surface area contributed by atoms with Gasteiger partial charge in [-0.05, 0) is 56.0 Å². The fourth-order valence-electron chi connectivity index (χ4n) is 4.28. The lowest BCUT2D eigenvalue weighted by Crippen LogP contribution is -2.33. The fraction of sp³-hybridized carbons (Fsp3) is 0.385. The van der Waals surface area contributed by atoms with Crippen LogP contribution < -0.4 is 0 Å². The third-order valence-electron chi connectivity index (χ3n) is 5.44. The van der Waals surface area contributed by atoms with Crippen LogP contribution >= 0.6 is 22.7 Å². The Morgan fingerprint density at radius 3 is 1.75 bits per heavy atom. The van der Waals surface area contributed by atoms with Gasteiger partial charge in [-0.25, -0.2) is 0 Å². The van der Waals surface area contributed by atoms with Crippen molar-refractivity contribution in [3.05, 3.63) is 61.0 Å². The normalized spacial score (nSPS) is 16.9. The zero-order chi connectivity index (χ0) is 23.2. The van der Waals surface area contributed by atoms with E-state index in [2.05, 4.69) is 52.8 Å². The summed E-state index contributed by atoms with van der Waals surface area (Å²) >= 11 is 3.27. The van der Waals surface area contributed by atoms with Crippen LogP contribution in [0.25, 0.3) is 17.5 Å². The minimum absolute atomic E-state index is 0.0506. The van der Waals surface area contributed by atoms with E-state index in [4.69, 9.17) is 0 Å². The van der Waals surface area contributed by atoms with Crippen LogP contribution in [0.5, 0.6) is 0 Å². The SMILES string of the molecule is C/C=C/c1ccc(C2=C3C(=O)N(CC(C)C)C(c4ccc(C)s4)=C3C(=O)N2CC(C)C)s1. The van der Waals surface area contributed by atoms with Gasteiger partial charge in [-0.1, -0.05) is 33.8 Å². The number of thiophene rings is 2. The van der Waals surface area contributed by atoms with Crippen molar-refractivity contribution in [2.45, 2.75) is 41.5 Å². The Morgan fingerprint density at radius 2 is 1.31 bits per heavy atom. The first-order valence-corrected chi connectivity index (χ1v) is 12.8. The summed E-state index contributed by atoms with van der Waals surface area (Å²) in [6, 6.07) is 8.20. The number of aryl methyl sites for hydroxylation is 1. The second-order valence-corrected chi connectivity index (χ2v) is 11.6. The number of hydrogen-bond donors (Lipinski definition) is 0. The highest BCUT2D eigenvalue weighted by molar-refractivity contribution is 7.14. The minimum atomic E-state index is -0.0506. The number of carbonyl (C=O) groups excluding carboxylic acids is 2. The van der Waals surface area contributed by atoms with Crippen molar-refractivity contribution < 1.29 is 9.59 Å². The molecular formula is C26H30N2O2S2. The molecule has 4 heterocycles. The van der Waals surface area contributed by atoms with E-state index in [0.717, 1.165) is 26.0 Å². The summed E-state index contributed by atoms with van der Waals surface area (Å²) in [4.78, 5) is 35.6. The molecule has 6 heteroatoms. The van der Waals surface area contributed by atoms with Crippen LogP contribution in [0.3, 0.4) is 0 Å². The number of fused-ring (bicyclic) bond motifs is 1. The molecule has 0 spiro atoms. The molecule has 0 radical (unpaired) electrons. The van der Waals surface area contributed by atoms with E-state index < -0.39 is 0 Å². The highest BCUT2D eigenvalue weighted by atomic mass is 32.1. The lowest BCUT2D eigenvalue weighted by molar-refractivity contribution is -0.124. The van der Waals surface area contributed by atoms with E-state index in [1.165, 1.54) is 4.88 Å². The Labute approximate surface area is 198 Å². The Morgan fingerprint density at radius 1 is 0.812 bits per heavy atom. The van der Waals surface area contributed by atoms with Gasteiger partial charge in [-0.2, -0.15) is 0 Å². The third-order valence-corrected chi connectivity index (χ3v) is 7.51. The number of allylic oxidation sites excluding steroid dienone is 1. The highest BCUT2D eigenvalue weighted by Gasteiger charge is 2.49. The molecule has 2 aliphatic rings. The molecule has 2 aromatic heterocycles. The van der Waals surface area contributed by atoms with Gasteiger partial charge < -0.3 is 9.80 Å². The van der Waals surface area contributed by atoms with Gasteiger partial charge in [-0.3, -0.25) is 9.59 Å². The van der Waals surface area contributed by atoms with E-state index in [9.17, 15) is 9.59 Å². The van der Waals surface area contributed by atoms with Crippen LogP contribution in [0.4, 0.5) is 0 Å². The van der Waals surface area contributed by atoms with Crippen LogP contribution in [0, 0.1) is 18.8 Å². The minimum Gasteiger partial charge on any atom is -0.306 e. The first-order chi connectivity index (χ1) is 15.2. The predicted octanol–water partition coefficient (Wildman–Crippen LogP) is 6.27. The van der Waals surface area contributed by atoms with E-state index in [0.29, 0.717) is 36.1 Å². The monoisotopic (exact) mass is 466 g/mol. The topological polar surface area (TPSA) is 40.6 Å². The molecular weight excluding hydrogens is 436 g/mol. The summed E-state index contributed by atoms with van der Waals surface area (Å²) in [6.45, 7) is 13.7. The van der Waals surface area contributed by atoms with Gasteiger partial charge in [0.2, 0.25) is 0 Å². The Kier molecular flexibility index (Phi) is 6.28. The van der Waals surface area contributed by atoms with Crippen molar-refractivity contribution in [2.24, 2.45) is 11.8 Å². The van der Waals surface area contributed by atoms with Crippen LogP contribution in [0.1, 0.15) is 54.1 Å². The Hall–Kier alpha value is -2.44. The standard InChI is InChI=1S/C26H30N2O2S2/c1-7-8-18-10-12-20(32-18)24-22-21(25(29)28(24)14-16(4)5)23(19-11-9-17(6)31-19)27(26(22)30)13-15(2)3/h7-12,15-16H,13-14H2,1-6H3/b8-7+. The van der Waals surface area contributed by atoms with Gasteiger partial charge in [0.05, 0.1) is 32.3 Å². The molecule has 0 atom stereocenters. The second-order valence-electron chi connectivity index (χ2n) is 9.18. The molecule has 4 nitrogen and oxygen atoms in total. The first-order valence-electron chi connectivity index (χ1n) is 11.1. The van der Waals surface area contributed by atoms with Crippen molar-refractivity contribution >= 4 is 52.0 Å². The highest BCUT2D eigenvalue weighted by Crippen LogP contribution is 2.49. The van der Waals surface area contributed by atoms with Gasteiger partial charge in [-0.15, -0.1) is 22.7 Å². The molecule has 4 rings (SSSR count). The summed E-state index contributed by atoms with van der Waals surface area (Å²) in [7, 11) is 0. The predicted molar refractivity (Wildman–Crippen MR) is 135 cm³/mol. The molecule has 0 saturated heterocycles. The van der Waals surface area contributed by atoms with Crippen molar-refractivity contribution in [2.75, 3.05) is 13.1 Å². The van der Waals surface area contributed by atoms with Gasteiger partial charge in [0, 0.05) is 22.8 Å². The zero-order valence-electron chi connectivity index (χ0n) is 19.6. The summed E-state index contributed by atoms with van der Waals surface area (Å²) in [5.74, 6) is 0.484. The van der Waals surface area contributed by atoms with Crippen molar-refractivity contribution in [3.8, 4) is 0 Å². The largest absolute Gasteiger partial charge is 0.306 e. The molecule has 0 bridgehead atoms. The van der Waals surface area contributed by atoms with Gasteiger partial charge in [0.15, 0.2) is 0 Å². The summed E-state index contributed by atoms with van der Waals surface area (Å²) in [5, 5.41) is 0. The molecule has 0 fully saturated rings. The fourth-order valence-corrected chi connectivity index (χ4v) is 6.25. The van der Waals surface area contributed by atoms with E-state index >= 15 is 0 Å². The van der Waals surface area contributed by atoms with Crippen LogP contribution in [-0.2, 0) is 9.59 Å². The lowest BCUT2D eigenvalue weighted by Gasteiger charge is -2.26. The summed E-state index contributed by atoms with van der Waals surface area (Å²) in [5.41, 5.74) is 2.72. The number of amides is 2. The average molecular weight is 467 g/mol. The number of rotatable bonds is 7. The molecule has 0 aromatic carbocycles. The first kappa shape index (κ1) is 22.7. The smallest absolute Gasteiger partial charge is 0.261 e. The molecule has 2 amide bonds. The molecule has 0 unspecified atom stereocenters. The number of hydrogen-bond acceptors (Lipinski definition) is 4. The molecule has 0 N–H and O–H groups in total. The maximum atomic E-state index is 13.8. The van der Waals surface area contributed by atoms with E-state index in [1.54, 1.807) is 22.7 Å². The zero-order valence-corrected chi connectivity index (χ0v) is 21.2. The van der Waals surface area contributed by atoms with Crippen LogP contribution in [0.2, 0.25) is 0 Å². The van der Waals surface area contributed by atoms with E-state index in [-0.39, 0.29) is 11.8 Å². The lowest BCUT2D eigenvalue weighted by atomic mass is 10.1. The number of carbonyl (C=O) groups is 2. The van der Waals surface area contributed by atoms with Crippen molar-refractivity contribution in [3.63, 3.8) is 0 Å². The van der Waals surface area contributed by atoms with Crippen LogP contribution in [-0.4, -0.2) is 34.7 Å². The second kappa shape index (κ2) is 8.83. The molecule has 2 aliphatic heterocycles. The Bertz CT molecular complexity index is 1160. The molecule has 168 valence electrons. The molecule has 0 aliphatic carbocycles. The summed E-state index contributed by atoms with van der Waals surface area (Å²) < 4.78 is 0. The van der Waals surface area contributed by atoms with E-state index in [1.807, 2.05) is 34.9 Å². The van der Waals surface area contributed by atoms with Crippen molar-refractivity contribution in [1.82, 2.24) is 9.80 Å². The quantitative estimate of drug-likeness (QED) is 0.482. The molecule has 32 heavy (non-hydrogen) atoms. The third kappa shape index (κ3) is 3.90.